The fourth-order valence-electron chi connectivity index (χ4n) is 5.34. The Hall–Kier alpha value is -3.91. The normalized spacial score (nSPS) is 11.6. The van der Waals surface area contributed by atoms with Crippen molar-refractivity contribution in [1.29, 1.82) is 0 Å². The first-order chi connectivity index (χ1) is 16.0. The van der Waals surface area contributed by atoms with E-state index in [1.165, 1.54) is 60.8 Å². The van der Waals surface area contributed by atoms with Crippen molar-refractivity contribution in [3.63, 3.8) is 0 Å². The van der Waals surface area contributed by atoms with Gasteiger partial charge in [0.1, 0.15) is 5.65 Å². The lowest BCUT2D eigenvalue weighted by Crippen LogP contribution is -1.98. The highest BCUT2D eigenvalue weighted by molar-refractivity contribution is 6.12. The lowest BCUT2D eigenvalue weighted by molar-refractivity contribution is 1.23. The SMILES string of the molecule is Cc1ccc2c3ccccc3c3nc(C)c(-c4c(C)cc(-c5ccccc5)cc4C)n3c2c1. The maximum absolute atomic E-state index is 5.12. The van der Waals surface area contributed by atoms with Crippen molar-refractivity contribution in [3.8, 4) is 22.4 Å². The Kier molecular flexibility index (Phi) is 4.38. The summed E-state index contributed by atoms with van der Waals surface area (Å²) in [6, 6.07) is 30.6. The Morgan fingerprint density at radius 1 is 0.606 bits per heavy atom. The molecule has 6 aromatic rings. The molecule has 2 aromatic heterocycles. The third kappa shape index (κ3) is 2.98. The van der Waals surface area contributed by atoms with Crippen molar-refractivity contribution in [3.05, 3.63) is 107 Å². The molecule has 2 heteroatoms. The van der Waals surface area contributed by atoms with E-state index in [4.69, 9.17) is 4.98 Å². The Balaban J connectivity index is 1.74. The van der Waals surface area contributed by atoms with Crippen molar-refractivity contribution in [2.24, 2.45) is 0 Å². The first-order valence-electron chi connectivity index (χ1n) is 11.5. The van der Waals surface area contributed by atoms with Crippen molar-refractivity contribution in [2.75, 3.05) is 0 Å². The molecule has 0 saturated heterocycles. The van der Waals surface area contributed by atoms with Crippen LogP contribution in [0.15, 0.2) is 84.9 Å². The fourth-order valence-corrected chi connectivity index (χ4v) is 5.34. The number of fused-ring (bicyclic) bond motifs is 6. The van der Waals surface area contributed by atoms with Crippen LogP contribution in [0.1, 0.15) is 22.4 Å². The average molecular weight is 427 g/mol. The highest BCUT2D eigenvalue weighted by Gasteiger charge is 2.20. The highest BCUT2D eigenvalue weighted by atomic mass is 15.0. The number of aryl methyl sites for hydroxylation is 4. The molecule has 2 heterocycles. The monoisotopic (exact) mass is 426 g/mol. The summed E-state index contributed by atoms with van der Waals surface area (Å²) in [4.78, 5) is 5.12. The van der Waals surface area contributed by atoms with Gasteiger partial charge in [0.05, 0.1) is 16.9 Å². The third-order valence-corrected chi connectivity index (χ3v) is 6.78. The van der Waals surface area contributed by atoms with Gasteiger partial charge < -0.3 is 0 Å². The molecule has 0 spiro atoms. The molecule has 0 aliphatic heterocycles. The molecule has 160 valence electrons. The molecule has 2 nitrogen and oxygen atoms in total. The first-order valence-corrected chi connectivity index (χ1v) is 11.5. The van der Waals surface area contributed by atoms with Gasteiger partial charge in [-0.05, 0) is 67.0 Å². The number of hydrogen-bond donors (Lipinski definition) is 0. The van der Waals surface area contributed by atoms with Gasteiger partial charge in [-0.25, -0.2) is 4.98 Å². The second kappa shape index (κ2) is 7.31. The van der Waals surface area contributed by atoms with Crippen LogP contribution in [0.25, 0.3) is 49.7 Å². The minimum absolute atomic E-state index is 1.03. The lowest BCUT2D eigenvalue weighted by atomic mass is 9.93. The highest BCUT2D eigenvalue weighted by Crippen LogP contribution is 2.38. The number of rotatable bonds is 2. The van der Waals surface area contributed by atoms with Gasteiger partial charge in [0.2, 0.25) is 0 Å². The van der Waals surface area contributed by atoms with E-state index in [2.05, 4.69) is 117 Å². The molecule has 6 rings (SSSR count). The summed E-state index contributed by atoms with van der Waals surface area (Å²) in [7, 11) is 0. The zero-order valence-corrected chi connectivity index (χ0v) is 19.5. The maximum Gasteiger partial charge on any atom is 0.145 e. The summed E-state index contributed by atoms with van der Waals surface area (Å²) in [5.74, 6) is 0. The number of hydrogen-bond acceptors (Lipinski definition) is 1. The molecule has 33 heavy (non-hydrogen) atoms. The van der Waals surface area contributed by atoms with Gasteiger partial charge in [0.15, 0.2) is 0 Å². The van der Waals surface area contributed by atoms with Crippen molar-refractivity contribution < 1.29 is 0 Å². The fraction of sp³-hybridized carbons (Fsp3) is 0.129. The standard InChI is InChI=1S/C31H26N2/c1-19-14-15-26-25-12-8-9-13-27(25)31-32-22(4)30(33(31)28(26)16-19)29-20(2)17-24(18-21(29)3)23-10-6-5-7-11-23/h5-18H,1-4H3. The second-order valence-corrected chi connectivity index (χ2v) is 9.12. The van der Waals surface area contributed by atoms with Crippen LogP contribution in [0, 0.1) is 27.7 Å². The smallest absolute Gasteiger partial charge is 0.145 e. The predicted octanol–water partition coefficient (Wildman–Crippen LogP) is 8.21. The Bertz CT molecular complexity index is 1660. The molecule has 0 fully saturated rings. The molecule has 0 bridgehead atoms. The largest absolute Gasteiger partial charge is 0.291 e. The van der Waals surface area contributed by atoms with Crippen LogP contribution in [-0.4, -0.2) is 9.38 Å². The quantitative estimate of drug-likeness (QED) is 0.255. The molecule has 0 unspecified atom stereocenters. The number of aromatic nitrogens is 2. The van der Waals surface area contributed by atoms with E-state index in [1.807, 2.05) is 0 Å². The molecule has 0 N–H and O–H groups in total. The Labute approximate surface area is 194 Å². The van der Waals surface area contributed by atoms with Crippen LogP contribution < -0.4 is 0 Å². The summed E-state index contributed by atoms with van der Waals surface area (Å²) in [5.41, 5.74) is 12.1. The third-order valence-electron chi connectivity index (χ3n) is 6.78. The van der Waals surface area contributed by atoms with Crippen molar-refractivity contribution in [2.45, 2.75) is 27.7 Å². The van der Waals surface area contributed by atoms with Crippen LogP contribution in [0.4, 0.5) is 0 Å². The van der Waals surface area contributed by atoms with E-state index >= 15 is 0 Å². The molecule has 0 aliphatic carbocycles. The average Bonchev–Trinajstić information content (AvgIpc) is 3.16. The number of imidazole rings is 1. The van der Waals surface area contributed by atoms with E-state index in [0.717, 1.165) is 11.3 Å². The van der Waals surface area contributed by atoms with E-state index in [9.17, 15) is 0 Å². The summed E-state index contributed by atoms with van der Waals surface area (Å²) in [6.07, 6.45) is 0. The summed E-state index contributed by atoms with van der Waals surface area (Å²) in [6.45, 7) is 8.75. The summed E-state index contributed by atoms with van der Waals surface area (Å²) < 4.78 is 2.39. The topological polar surface area (TPSA) is 17.3 Å². The molecule has 0 atom stereocenters. The molecule has 0 saturated carbocycles. The predicted molar refractivity (Wildman–Crippen MR) is 140 cm³/mol. The zero-order chi connectivity index (χ0) is 22.7. The molecular weight excluding hydrogens is 400 g/mol. The minimum atomic E-state index is 1.03. The van der Waals surface area contributed by atoms with Gasteiger partial charge in [0, 0.05) is 16.3 Å². The van der Waals surface area contributed by atoms with Gasteiger partial charge in [-0.1, -0.05) is 78.9 Å². The first kappa shape index (κ1) is 19.8. The zero-order valence-electron chi connectivity index (χ0n) is 19.5. The van der Waals surface area contributed by atoms with Gasteiger partial charge in [-0.15, -0.1) is 0 Å². The lowest BCUT2D eigenvalue weighted by Gasteiger charge is -2.16. The van der Waals surface area contributed by atoms with Crippen LogP contribution in [-0.2, 0) is 0 Å². The van der Waals surface area contributed by atoms with E-state index in [-0.39, 0.29) is 0 Å². The van der Waals surface area contributed by atoms with Crippen molar-refractivity contribution in [1.82, 2.24) is 9.38 Å². The van der Waals surface area contributed by atoms with Gasteiger partial charge in [0.25, 0.3) is 0 Å². The summed E-state index contributed by atoms with van der Waals surface area (Å²) in [5, 5.41) is 3.71. The number of benzene rings is 4. The van der Waals surface area contributed by atoms with Gasteiger partial charge >= 0.3 is 0 Å². The molecule has 0 aliphatic rings. The van der Waals surface area contributed by atoms with E-state index < -0.39 is 0 Å². The number of pyridine rings is 1. The maximum atomic E-state index is 5.12. The molecular formula is C31H26N2. The molecule has 4 aromatic carbocycles. The van der Waals surface area contributed by atoms with Gasteiger partial charge in [-0.2, -0.15) is 0 Å². The molecule has 0 radical (unpaired) electrons. The van der Waals surface area contributed by atoms with Crippen LogP contribution >= 0.6 is 0 Å². The van der Waals surface area contributed by atoms with Gasteiger partial charge in [-0.3, -0.25) is 4.40 Å². The van der Waals surface area contributed by atoms with Crippen LogP contribution in [0.5, 0.6) is 0 Å². The number of nitrogens with zero attached hydrogens (tertiary/aromatic N) is 2. The van der Waals surface area contributed by atoms with Crippen molar-refractivity contribution >= 4 is 27.3 Å². The summed E-state index contributed by atoms with van der Waals surface area (Å²) >= 11 is 0. The van der Waals surface area contributed by atoms with E-state index in [1.54, 1.807) is 0 Å². The van der Waals surface area contributed by atoms with Crippen LogP contribution in [0.3, 0.4) is 0 Å². The Morgan fingerprint density at radius 3 is 2.00 bits per heavy atom. The van der Waals surface area contributed by atoms with E-state index in [0.29, 0.717) is 0 Å². The second-order valence-electron chi connectivity index (χ2n) is 9.12. The molecule has 0 amide bonds. The Morgan fingerprint density at radius 2 is 1.27 bits per heavy atom. The van der Waals surface area contributed by atoms with Crippen LogP contribution in [0.2, 0.25) is 0 Å². The minimum Gasteiger partial charge on any atom is -0.291 e.